The molecule has 1 aliphatic rings. The Bertz CT molecular complexity index is 225. The number of thioether (sulfide) groups is 1. The molecule has 1 amide bonds. The summed E-state index contributed by atoms with van der Waals surface area (Å²) in [6.07, 6.45) is 0.532. The molecular weight excluding hydrogens is 300 g/mol. The fraction of sp³-hybridized carbons (Fsp3) is 0.900. The number of halogens is 3. The van der Waals surface area contributed by atoms with E-state index in [0.29, 0.717) is 11.9 Å². The molecular formula is C10H16BrF2NOS. The van der Waals surface area contributed by atoms with Gasteiger partial charge < -0.3 is 4.90 Å². The summed E-state index contributed by atoms with van der Waals surface area (Å²) in [6.45, 7) is -0.0816. The van der Waals surface area contributed by atoms with Crippen LogP contribution in [0.15, 0.2) is 0 Å². The fourth-order valence-corrected chi connectivity index (χ4v) is 3.41. The van der Waals surface area contributed by atoms with Crippen LogP contribution >= 0.6 is 27.7 Å². The van der Waals surface area contributed by atoms with Gasteiger partial charge in [0.25, 0.3) is 6.43 Å². The van der Waals surface area contributed by atoms with Crippen molar-refractivity contribution in [3.8, 4) is 0 Å². The number of hydrogen-bond donors (Lipinski definition) is 0. The number of hydrogen-bond acceptors (Lipinski definition) is 2. The zero-order valence-electron chi connectivity index (χ0n) is 9.00. The molecule has 94 valence electrons. The normalized spacial score (nSPS) is 21.1. The summed E-state index contributed by atoms with van der Waals surface area (Å²) in [5, 5.41) is 0.439. The maximum absolute atomic E-state index is 12.3. The summed E-state index contributed by atoms with van der Waals surface area (Å²) in [7, 11) is 0. The third-order valence-electron chi connectivity index (χ3n) is 2.48. The number of carbonyl (C=O) groups excluding carboxylic acids is 1. The van der Waals surface area contributed by atoms with Crippen molar-refractivity contribution >= 4 is 33.6 Å². The van der Waals surface area contributed by atoms with Gasteiger partial charge in [-0.2, -0.15) is 0 Å². The Labute approximate surface area is 107 Å². The van der Waals surface area contributed by atoms with Crippen LogP contribution in [0.1, 0.15) is 19.3 Å². The largest absolute Gasteiger partial charge is 0.335 e. The zero-order valence-corrected chi connectivity index (χ0v) is 11.4. The Balaban J connectivity index is 2.50. The zero-order chi connectivity index (χ0) is 12.0. The number of alkyl halides is 3. The molecule has 0 aliphatic carbocycles. The molecule has 0 saturated carbocycles. The number of carbonyl (C=O) groups is 1. The Morgan fingerprint density at radius 1 is 1.50 bits per heavy atom. The molecule has 2 nitrogen and oxygen atoms in total. The van der Waals surface area contributed by atoms with E-state index in [1.807, 2.05) is 0 Å². The Morgan fingerprint density at radius 2 is 2.25 bits per heavy atom. The van der Waals surface area contributed by atoms with Crippen molar-refractivity contribution in [1.82, 2.24) is 4.90 Å². The molecule has 0 N–H and O–H groups in total. The number of amides is 1. The van der Waals surface area contributed by atoms with Gasteiger partial charge in [0.2, 0.25) is 5.91 Å². The highest BCUT2D eigenvalue weighted by Crippen LogP contribution is 2.26. The molecule has 1 saturated heterocycles. The van der Waals surface area contributed by atoms with E-state index in [4.69, 9.17) is 0 Å². The lowest BCUT2D eigenvalue weighted by Gasteiger charge is -2.28. The minimum absolute atomic E-state index is 0.105. The van der Waals surface area contributed by atoms with Crippen molar-refractivity contribution in [3.05, 3.63) is 0 Å². The van der Waals surface area contributed by atoms with Crippen molar-refractivity contribution < 1.29 is 13.6 Å². The highest BCUT2D eigenvalue weighted by molar-refractivity contribution is 9.09. The summed E-state index contributed by atoms with van der Waals surface area (Å²) in [6, 6.07) is 0. The summed E-state index contributed by atoms with van der Waals surface area (Å²) in [5.74, 6) is 0.845. The topological polar surface area (TPSA) is 20.3 Å². The van der Waals surface area contributed by atoms with Crippen LogP contribution in [0, 0.1) is 0 Å². The molecule has 1 heterocycles. The van der Waals surface area contributed by atoms with E-state index in [9.17, 15) is 13.6 Å². The van der Waals surface area contributed by atoms with E-state index in [-0.39, 0.29) is 11.2 Å². The molecule has 0 radical (unpaired) electrons. The monoisotopic (exact) mass is 315 g/mol. The molecule has 6 heteroatoms. The van der Waals surface area contributed by atoms with Gasteiger partial charge in [-0.25, -0.2) is 8.78 Å². The van der Waals surface area contributed by atoms with Gasteiger partial charge in [-0.1, -0.05) is 22.4 Å². The van der Waals surface area contributed by atoms with Crippen LogP contribution in [-0.2, 0) is 4.79 Å². The predicted molar refractivity (Wildman–Crippen MR) is 66.5 cm³/mol. The number of nitrogens with zero attached hydrogens (tertiary/aromatic N) is 1. The molecule has 0 aromatic carbocycles. The maximum atomic E-state index is 12.3. The summed E-state index contributed by atoms with van der Waals surface area (Å²) in [5.41, 5.74) is 0. The second kappa shape index (κ2) is 7.48. The third-order valence-corrected chi connectivity index (χ3v) is 4.20. The van der Waals surface area contributed by atoms with Gasteiger partial charge in [-0.15, -0.1) is 11.8 Å². The van der Waals surface area contributed by atoms with E-state index in [1.54, 1.807) is 11.8 Å². The molecule has 0 bridgehead atoms. The molecule has 1 aliphatic heterocycles. The first kappa shape index (κ1) is 14.2. The lowest BCUT2D eigenvalue weighted by molar-refractivity contribution is -0.132. The van der Waals surface area contributed by atoms with Crippen LogP contribution in [-0.4, -0.2) is 46.7 Å². The molecule has 1 unspecified atom stereocenters. The summed E-state index contributed by atoms with van der Waals surface area (Å²) < 4.78 is 24.6. The molecule has 1 rings (SSSR count). The molecule has 0 aromatic heterocycles. The van der Waals surface area contributed by atoms with E-state index in [2.05, 4.69) is 15.9 Å². The minimum Gasteiger partial charge on any atom is -0.335 e. The van der Waals surface area contributed by atoms with E-state index in [1.165, 1.54) is 4.90 Å². The Morgan fingerprint density at radius 3 is 2.75 bits per heavy atom. The first-order chi connectivity index (χ1) is 7.65. The van der Waals surface area contributed by atoms with Gasteiger partial charge in [0.15, 0.2) is 0 Å². The van der Waals surface area contributed by atoms with Crippen LogP contribution in [0.25, 0.3) is 0 Å². The lowest BCUT2D eigenvalue weighted by Crippen LogP contribution is -2.42. The Hall–Kier alpha value is 0.160. The van der Waals surface area contributed by atoms with Gasteiger partial charge in [-0.05, 0) is 18.6 Å². The first-order valence-corrected chi connectivity index (χ1v) is 7.56. The average Bonchev–Trinajstić information content (AvgIpc) is 2.28. The van der Waals surface area contributed by atoms with E-state index in [0.717, 1.165) is 25.0 Å². The van der Waals surface area contributed by atoms with Crippen LogP contribution < -0.4 is 0 Å². The van der Waals surface area contributed by atoms with Gasteiger partial charge >= 0.3 is 0 Å². The highest BCUT2D eigenvalue weighted by atomic mass is 79.9. The van der Waals surface area contributed by atoms with Gasteiger partial charge in [0.05, 0.1) is 11.8 Å². The fourth-order valence-electron chi connectivity index (χ4n) is 1.70. The number of rotatable bonds is 5. The second-order valence-corrected chi connectivity index (χ2v) is 5.82. The molecule has 0 aromatic rings. The van der Waals surface area contributed by atoms with Crippen molar-refractivity contribution in [3.63, 3.8) is 0 Å². The molecule has 0 spiro atoms. The van der Waals surface area contributed by atoms with Crippen molar-refractivity contribution in [2.24, 2.45) is 0 Å². The third kappa shape index (κ3) is 4.57. The van der Waals surface area contributed by atoms with Crippen molar-refractivity contribution in [2.45, 2.75) is 30.9 Å². The Kier molecular flexibility index (Phi) is 6.65. The van der Waals surface area contributed by atoms with Crippen LogP contribution in [0.5, 0.6) is 0 Å². The first-order valence-electron chi connectivity index (χ1n) is 5.39. The van der Waals surface area contributed by atoms with E-state index < -0.39 is 13.0 Å². The van der Waals surface area contributed by atoms with Crippen molar-refractivity contribution in [2.75, 3.05) is 24.2 Å². The quantitative estimate of drug-likeness (QED) is 0.727. The van der Waals surface area contributed by atoms with Gasteiger partial charge in [-0.3, -0.25) is 4.79 Å². The summed E-state index contributed by atoms with van der Waals surface area (Å²) in [4.78, 5) is 13.3. The molecule has 16 heavy (non-hydrogen) atoms. The lowest BCUT2D eigenvalue weighted by atomic mass is 10.1. The molecule has 1 atom stereocenters. The standard InChI is InChI=1S/C10H16BrF2NOS/c11-4-5-14(7-9(12)13)10(15)8-3-1-2-6-16-8/h8-9H,1-7H2. The minimum atomic E-state index is -2.45. The maximum Gasteiger partial charge on any atom is 0.255 e. The smallest absolute Gasteiger partial charge is 0.255 e. The highest BCUT2D eigenvalue weighted by Gasteiger charge is 2.27. The van der Waals surface area contributed by atoms with Crippen LogP contribution in [0.4, 0.5) is 8.78 Å². The summed E-state index contributed by atoms with van der Waals surface area (Å²) >= 11 is 4.79. The molecule has 1 fully saturated rings. The average molecular weight is 316 g/mol. The van der Waals surface area contributed by atoms with Gasteiger partial charge in [0, 0.05) is 11.9 Å². The predicted octanol–water partition coefficient (Wildman–Crippen LogP) is 2.76. The van der Waals surface area contributed by atoms with Crippen LogP contribution in [0.2, 0.25) is 0 Å². The van der Waals surface area contributed by atoms with Gasteiger partial charge in [0.1, 0.15) is 0 Å². The van der Waals surface area contributed by atoms with Crippen LogP contribution in [0.3, 0.4) is 0 Å². The second-order valence-electron chi connectivity index (χ2n) is 3.72. The SMILES string of the molecule is O=C(C1CCCCS1)N(CCBr)CC(F)F. The van der Waals surface area contributed by atoms with Crippen molar-refractivity contribution in [1.29, 1.82) is 0 Å². The van der Waals surface area contributed by atoms with E-state index >= 15 is 0 Å².